The Hall–Kier alpha value is -2.58. The third-order valence-electron chi connectivity index (χ3n) is 5.43. The van der Waals surface area contributed by atoms with Crippen molar-refractivity contribution in [1.82, 2.24) is 10.2 Å². The Morgan fingerprint density at radius 3 is 2.17 bits per heavy atom. The fraction of sp³-hybridized carbons (Fsp3) is 0.550. The smallest absolute Gasteiger partial charge is 0.368 e. The van der Waals surface area contributed by atoms with Gasteiger partial charge in [0.1, 0.15) is 6.04 Å². The first-order valence-corrected chi connectivity index (χ1v) is 9.60. The summed E-state index contributed by atoms with van der Waals surface area (Å²) in [7, 11) is 0. The third kappa shape index (κ3) is 5.71. The van der Waals surface area contributed by atoms with Gasteiger partial charge in [-0.1, -0.05) is 20.3 Å². The van der Waals surface area contributed by atoms with E-state index in [1.54, 1.807) is 0 Å². The van der Waals surface area contributed by atoms with Crippen LogP contribution in [0.5, 0.6) is 0 Å². The van der Waals surface area contributed by atoms with Crippen LogP contribution in [0.25, 0.3) is 0 Å². The number of piperidine rings is 1. The Morgan fingerprint density at radius 2 is 1.72 bits per heavy atom. The number of primary amides is 1. The Kier molecular flexibility index (Phi) is 7.26. The van der Waals surface area contributed by atoms with E-state index >= 15 is 0 Å². The topological polar surface area (TPSA) is 92.5 Å². The molecule has 6 nitrogen and oxygen atoms in total. The zero-order valence-corrected chi connectivity index (χ0v) is 16.5. The maximum absolute atomic E-state index is 12.6. The molecule has 0 aliphatic carbocycles. The van der Waals surface area contributed by atoms with Crippen molar-refractivity contribution in [2.75, 3.05) is 13.1 Å². The van der Waals surface area contributed by atoms with E-state index in [1.165, 1.54) is 4.90 Å². The summed E-state index contributed by atoms with van der Waals surface area (Å²) in [5.74, 6) is -1.65. The standard InChI is InChI=1S/C20H26F3N3O3/c1-3-12(2)16(17(24)27)25-18(28)13-8-10-26(11-9-13)19(29)14-4-6-15(7-5-14)20(21,22)23/h4-7,12-13,16H,3,8-11H2,1-2H3,(H2,24,27)(H,25,28). The normalized spacial score (nSPS) is 17.5. The molecule has 0 saturated carbocycles. The van der Waals surface area contributed by atoms with Gasteiger partial charge in [0, 0.05) is 24.6 Å². The minimum absolute atomic E-state index is 0.0854. The van der Waals surface area contributed by atoms with Crippen molar-refractivity contribution in [3.05, 3.63) is 35.4 Å². The van der Waals surface area contributed by atoms with Crippen LogP contribution in [0.3, 0.4) is 0 Å². The van der Waals surface area contributed by atoms with Gasteiger partial charge in [-0.15, -0.1) is 0 Å². The zero-order valence-electron chi connectivity index (χ0n) is 16.5. The largest absolute Gasteiger partial charge is 0.416 e. The summed E-state index contributed by atoms with van der Waals surface area (Å²) < 4.78 is 37.9. The van der Waals surface area contributed by atoms with Crippen molar-refractivity contribution in [1.29, 1.82) is 0 Å². The Labute approximate surface area is 167 Å². The highest BCUT2D eigenvalue weighted by molar-refractivity contribution is 5.94. The molecule has 1 aliphatic rings. The van der Waals surface area contributed by atoms with Gasteiger partial charge >= 0.3 is 6.18 Å². The minimum atomic E-state index is -4.45. The predicted molar refractivity (Wildman–Crippen MR) is 101 cm³/mol. The molecule has 2 unspecified atom stereocenters. The molecule has 3 N–H and O–H groups in total. The summed E-state index contributed by atoms with van der Waals surface area (Å²) >= 11 is 0. The number of hydrogen-bond donors (Lipinski definition) is 2. The quantitative estimate of drug-likeness (QED) is 0.751. The van der Waals surface area contributed by atoms with Crippen LogP contribution in [0.15, 0.2) is 24.3 Å². The van der Waals surface area contributed by atoms with Crippen LogP contribution in [0.2, 0.25) is 0 Å². The predicted octanol–water partition coefficient (Wildman–Crippen LogP) is 2.57. The van der Waals surface area contributed by atoms with Crippen LogP contribution in [-0.4, -0.2) is 41.8 Å². The molecule has 3 amide bonds. The van der Waals surface area contributed by atoms with Crippen LogP contribution in [-0.2, 0) is 15.8 Å². The second-order valence-electron chi connectivity index (χ2n) is 7.42. The Morgan fingerprint density at radius 1 is 1.17 bits per heavy atom. The van der Waals surface area contributed by atoms with Crippen molar-refractivity contribution < 1.29 is 27.6 Å². The van der Waals surface area contributed by atoms with Crippen LogP contribution < -0.4 is 11.1 Å². The van der Waals surface area contributed by atoms with Gasteiger partial charge in [0.2, 0.25) is 11.8 Å². The Balaban J connectivity index is 1.93. The number of benzene rings is 1. The number of nitrogens with two attached hydrogens (primary N) is 1. The number of carbonyl (C=O) groups is 3. The van der Waals surface area contributed by atoms with E-state index < -0.39 is 23.7 Å². The van der Waals surface area contributed by atoms with E-state index in [-0.39, 0.29) is 29.2 Å². The highest BCUT2D eigenvalue weighted by atomic mass is 19.4. The molecular formula is C20H26F3N3O3. The minimum Gasteiger partial charge on any atom is -0.368 e. The number of alkyl halides is 3. The lowest BCUT2D eigenvalue weighted by molar-refractivity contribution is -0.137. The first-order valence-electron chi connectivity index (χ1n) is 9.60. The van der Waals surface area contributed by atoms with Gasteiger partial charge in [0.05, 0.1) is 5.56 Å². The van der Waals surface area contributed by atoms with E-state index in [2.05, 4.69) is 5.32 Å². The summed E-state index contributed by atoms with van der Waals surface area (Å²) in [6, 6.07) is 3.35. The summed E-state index contributed by atoms with van der Waals surface area (Å²) in [6.45, 7) is 4.35. The van der Waals surface area contributed by atoms with Crippen LogP contribution in [0.1, 0.15) is 49.0 Å². The van der Waals surface area contributed by atoms with Gasteiger partial charge in [-0.05, 0) is 43.0 Å². The lowest BCUT2D eigenvalue weighted by atomic mass is 9.93. The molecule has 1 aromatic carbocycles. The van der Waals surface area contributed by atoms with Crippen LogP contribution in [0, 0.1) is 11.8 Å². The van der Waals surface area contributed by atoms with E-state index in [4.69, 9.17) is 5.73 Å². The molecule has 0 bridgehead atoms. The second kappa shape index (κ2) is 9.28. The van der Waals surface area contributed by atoms with E-state index in [0.29, 0.717) is 32.4 Å². The molecule has 2 atom stereocenters. The molecule has 0 radical (unpaired) electrons. The van der Waals surface area contributed by atoms with E-state index in [0.717, 1.165) is 24.3 Å². The van der Waals surface area contributed by atoms with Gasteiger partial charge in [-0.2, -0.15) is 13.2 Å². The zero-order chi connectivity index (χ0) is 21.8. The van der Waals surface area contributed by atoms with E-state index in [9.17, 15) is 27.6 Å². The number of nitrogens with zero attached hydrogens (tertiary/aromatic N) is 1. The molecule has 1 saturated heterocycles. The maximum Gasteiger partial charge on any atom is 0.416 e. The highest BCUT2D eigenvalue weighted by Crippen LogP contribution is 2.29. The summed E-state index contributed by atoms with van der Waals surface area (Å²) in [5.41, 5.74) is 4.74. The van der Waals surface area contributed by atoms with Crippen LogP contribution >= 0.6 is 0 Å². The van der Waals surface area contributed by atoms with Crippen molar-refractivity contribution in [2.24, 2.45) is 17.6 Å². The summed E-state index contributed by atoms with van der Waals surface area (Å²) in [6.07, 6.45) is -2.95. The molecule has 0 aromatic heterocycles. The van der Waals surface area contributed by atoms with Gasteiger partial charge in [0.15, 0.2) is 0 Å². The average molecular weight is 413 g/mol. The molecule has 29 heavy (non-hydrogen) atoms. The number of hydrogen-bond acceptors (Lipinski definition) is 3. The molecule has 1 heterocycles. The number of carbonyl (C=O) groups excluding carboxylic acids is 3. The average Bonchev–Trinajstić information content (AvgIpc) is 2.70. The van der Waals surface area contributed by atoms with Crippen molar-refractivity contribution in [2.45, 2.75) is 45.3 Å². The lowest BCUT2D eigenvalue weighted by Crippen LogP contribution is -2.51. The van der Waals surface area contributed by atoms with Crippen molar-refractivity contribution in [3.63, 3.8) is 0 Å². The second-order valence-corrected chi connectivity index (χ2v) is 7.42. The van der Waals surface area contributed by atoms with Crippen molar-refractivity contribution >= 4 is 17.7 Å². The lowest BCUT2D eigenvalue weighted by Gasteiger charge is -2.32. The number of amides is 3. The Bertz CT molecular complexity index is 742. The van der Waals surface area contributed by atoms with Gasteiger partial charge in [0.25, 0.3) is 5.91 Å². The number of rotatable bonds is 6. The molecule has 0 spiro atoms. The first kappa shape index (κ1) is 22.7. The SMILES string of the molecule is CCC(C)C(NC(=O)C1CCN(C(=O)c2ccc(C(F)(F)F)cc2)CC1)C(N)=O. The van der Waals surface area contributed by atoms with Gasteiger partial charge in [-0.25, -0.2) is 0 Å². The maximum atomic E-state index is 12.6. The number of halogens is 3. The monoisotopic (exact) mass is 413 g/mol. The summed E-state index contributed by atoms with van der Waals surface area (Å²) in [5, 5.41) is 2.71. The van der Waals surface area contributed by atoms with Crippen molar-refractivity contribution in [3.8, 4) is 0 Å². The molecule has 1 aliphatic heterocycles. The fourth-order valence-corrected chi connectivity index (χ4v) is 3.33. The molecule has 160 valence electrons. The molecule has 1 aromatic rings. The third-order valence-corrected chi connectivity index (χ3v) is 5.43. The highest BCUT2D eigenvalue weighted by Gasteiger charge is 2.32. The number of likely N-dealkylation sites (tertiary alicyclic amines) is 1. The fourth-order valence-electron chi connectivity index (χ4n) is 3.33. The molecule has 9 heteroatoms. The molecular weight excluding hydrogens is 387 g/mol. The first-order chi connectivity index (χ1) is 13.5. The van der Waals surface area contributed by atoms with Crippen LogP contribution in [0.4, 0.5) is 13.2 Å². The van der Waals surface area contributed by atoms with Gasteiger partial charge in [-0.3, -0.25) is 14.4 Å². The number of nitrogens with one attached hydrogen (secondary N) is 1. The summed E-state index contributed by atoms with van der Waals surface area (Å²) in [4.78, 5) is 38.1. The van der Waals surface area contributed by atoms with Gasteiger partial charge < -0.3 is 16.0 Å². The van der Waals surface area contributed by atoms with E-state index in [1.807, 2.05) is 13.8 Å². The molecule has 2 rings (SSSR count). The molecule has 1 fully saturated rings.